The summed E-state index contributed by atoms with van der Waals surface area (Å²) in [5.41, 5.74) is 7.38. The van der Waals surface area contributed by atoms with Crippen LogP contribution in [0.5, 0.6) is 0 Å². The van der Waals surface area contributed by atoms with Crippen LogP contribution >= 0.6 is 0 Å². The van der Waals surface area contributed by atoms with Crippen LogP contribution in [0.1, 0.15) is 74.0 Å². The van der Waals surface area contributed by atoms with Gasteiger partial charge in [0.15, 0.2) is 6.29 Å². The normalized spacial score (nSPS) is 14.9. The number of fused-ring (bicyclic) bond motifs is 3. The molecule has 1 N–H and O–H groups in total. The molecule has 3 aromatic carbocycles. The summed E-state index contributed by atoms with van der Waals surface area (Å²) in [5.74, 6) is 0.700. The maximum Gasteiger partial charge on any atom is 0.158 e. The number of rotatable bonds is 11. The third kappa shape index (κ3) is 8.27. The molecule has 7 rings (SSSR count). The van der Waals surface area contributed by atoms with E-state index in [0.29, 0.717) is 44.3 Å². The van der Waals surface area contributed by atoms with Gasteiger partial charge in [0.25, 0.3) is 0 Å². The number of para-hydroxylation sites is 3. The molecule has 0 amide bonds. The van der Waals surface area contributed by atoms with Gasteiger partial charge in [0.05, 0.1) is 19.8 Å². The Kier molecular flexibility index (Phi) is 12.8. The van der Waals surface area contributed by atoms with Gasteiger partial charge in [-0.05, 0) is 53.1 Å². The summed E-state index contributed by atoms with van der Waals surface area (Å²) in [7, 11) is 6.13. The van der Waals surface area contributed by atoms with Crippen molar-refractivity contribution in [3.05, 3.63) is 108 Å². The topological polar surface area (TPSA) is 87.6 Å². The van der Waals surface area contributed by atoms with E-state index in [1.165, 1.54) is 49.4 Å². The molecular weight excluding hydrogens is 626 g/mol. The van der Waals surface area contributed by atoms with Gasteiger partial charge in [-0.2, -0.15) is 0 Å². The SMILES string of the molecule is CC[C@H](CC=O)c1cn(C)c2ccccc12.C[C@H](CC=O)c1cn(C)c2ccccc12.Cn1cc([C@H](CO)CC2OCCO2)c2ccccc21. The summed E-state index contributed by atoms with van der Waals surface area (Å²) in [4.78, 5) is 21.2. The molecule has 1 saturated heterocycles. The molecule has 264 valence electrons. The number of aromatic nitrogens is 3. The van der Waals surface area contributed by atoms with E-state index in [1.54, 1.807) is 0 Å². The highest BCUT2D eigenvalue weighted by Gasteiger charge is 2.24. The Balaban J connectivity index is 0.000000147. The third-order valence-electron chi connectivity index (χ3n) is 9.91. The molecule has 0 spiro atoms. The van der Waals surface area contributed by atoms with Crippen LogP contribution in [0.3, 0.4) is 0 Å². The largest absolute Gasteiger partial charge is 0.396 e. The first-order valence-corrected chi connectivity index (χ1v) is 17.6. The minimum atomic E-state index is -0.184. The monoisotopic (exact) mass is 677 g/mol. The maximum absolute atomic E-state index is 10.7. The molecule has 1 aliphatic heterocycles. The molecule has 0 unspecified atom stereocenters. The summed E-state index contributed by atoms with van der Waals surface area (Å²) in [6.45, 7) is 5.64. The Hall–Kier alpha value is -4.50. The van der Waals surface area contributed by atoms with Crippen molar-refractivity contribution in [2.24, 2.45) is 21.1 Å². The molecular formula is C42H51N3O5. The van der Waals surface area contributed by atoms with Crippen LogP contribution < -0.4 is 0 Å². The summed E-state index contributed by atoms with van der Waals surface area (Å²) in [6, 6.07) is 24.9. The van der Waals surface area contributed by atoms with Crippen molar-refractivity contribution in [2.75, 3.05) is 19.8 Å². The Labute approximate surface area is 295 Å². The lowest BCUT2D eigenvalue weighted by molar-refractivity contribution is -0.108. The van der Waals surface area contributed by atoms with Crippen molar-refractivity contribution in [1.82, 2.24) is 13.7 Å². The van der Waals surface area contributed by atoms with Gasteiger partial charge in [-0.1, -0.05) is 68.4 Å². The first kappa shape index (κ1) is 36.8. The van der Waals surface area contributed by atoms with Crippen molar-refractivity contribution in [3.8, 4) is 0 Å². The van der Waals surface area contributed by atoms with Crippen molar-refractivity contribution in [2.45, 2.75) is 63.6 Å². The van der Waals surface area contributed by atoms with Crippen LogP contribution in [-0.4, -0.2) is 57.5 Å². The van der Waals surface area contributed by atoms with Crippen LogP contribution in [0.4, 0.5) is 0 Å². The number of aldehydes is 2. The summed E-state index contributed by atoms with van der Waals surface area (Å²) in [6.07, 6.45) is 11.1. The van der Waals surface area contributed by atoms with Gasteiger partial charge in [0.2, 0.25) is 0 Å². The van der Waals surface area contributed by atoms with E-state index < -0.39 is 0 Å². The van der Waals surface area contributed by atoms with E-state index in [0.717, 1.165) is 19.0 Å². The number of hydrogen-bond donors (Lipinski definition) is 1. The summed E-state index contributed by atoms with van der Waals surface area (Å²) < 4.78 is 17.3. The highest BCUT2D eigenvalue weighted by atomic mass is 16.7. The van der Waals surface area contributed by atoms with Crippen molar-refractivity contribution in [3.63, 3.8) is 0 Å². The number of aryl methyl sites for hydroxylation is 3. The molecule has 1 aliphatic rings. The average molecular weight is 678 g/mol. The Morgan fingerprint density at radius 1 is 0.680 bits per heavy atom. The molecule has 0 radical (unpaired) electrons. The van der Waals surface area contributed by atoms with Crippen molar-refractivity contribution < 1.29 is 24.2 Å². The van der Waals surface area contributed by atoms with E-state index in [1.807, 2.05) is 44.4 Å². The molecule has 8 nitrogen and oxygen atoms in total. The number of aliphatic hydroxyl groups excluding tert-OH is 1. The van der Waals surface area contributed by atoms with Crippen LogP contribution in [0, 0.1) is 0 Å². The first-order valence-electron chi connectivity index (χ1n) is 17.6. The van der Waals surface area contributed by atoms with E-state index in [2.05, 4.69) is 95.7 Å². The zero-order valence-electron chi connectivity index (χ0n) is 30.0. The van der Waals surface area contributed by atoms with Crippen LogP contribution in [0.15, 0.2) is 91.4 Å². The Morgan fingerprint density at radius 2 is 1.10 bits per heavy atom. The van der Waals surface area contributed by atoms with Gasteiger partial charge in [0.1, 0.15) is 12.6 Å². The fraction of sp³-hybridized carbons (Fsp3) is 0.381. The number of carbonyl (C=O) groups is 2. The minimum Gasteiger partial charge on any atom is -0.396 e. The van der Waals surface area contributed by atoms with E-state index >= 15 is 0 Å². The number of ether oxygens (including phenoxy) is 2. The first-order chi connectivity index (χ1) is 24.3. The van der Waals surface area contributed by atoms with Crippen LogP contribution in [-0.2, 0) is 40.2 Å². The molecule has 8 heteroatoms. The summed E-state index contributed by atoms with van der Waals surface area (Å²) in [5, 5.41) is 13.4. The van der Waals surface area contributed by atoms with E-state index in [9.17, 15) is 14.7 Å². The number of carbonyl (C=O) groups excluding carboxylic acids is 2. The van der Waals surface area contributed by atoms with Crippen LogP contribution in [0.25, 0.3) is 32.7 Å². The Bertz CT molecular complexity index is 2000. The zero-order valence-corrected chi connectivity index (χ0v) is 30.0. The quantitative estimate of drug-likeness (QED) is 0.140. The van der Waals surface area contributed by atoms with Gasteiger partial charge in [-0.15, -0.1) is 0 Å². The maximum atomic E-state index is 10.7. The molecule has 3 atom stereocenters. The number of nitrogens with zero attached hydrogens (tertiary/aromatic N) is 3. The third-order valence-corrected chi connectivity index (χ3v) is 9.91. The second-order valence-corrected chi connectivity index (χ2v) is 13.2. The molecule has 0 saturated carbocycles. The lowest BCUT2D eigenvalue weighted by Crippen LogP contribution is -2.15. The van der Waals surface area contributed by atoms with Gasteiger partial charge in [-0.3, -0.25) is 0 Å². The molecule has 3 aromatic heterocycles. The Morgan fingerprint density at radius 3 is 1.54 bits per heavy atom. The molecule has 1 fully saturated rings. The lowest BCUT2D eigenvalue weighted by atomic mass is 9.93. The second-order valence-electron chi connectivity index (χ2n) is 13.2. The van der Waals surface area contributed by atoms with Gasteiger partial charge in [0, 0.05) is 97.6 Å². The molecule has 0 aliphatic carbocycles. The average Bonchev–Trinajstić information content (AvgIpc) is 3.93. The molecule has 0 bridgehead atoms. The lowest BCUT2D eigenvalue weighted by Gasteiger charge is -2.17. The number of benzene rings is 3. The second kappa shape index (κ2) is 17.4. The smallest absolute Gasteiger partial charge is 0.158 e. The van der Waals surface area contributed by atoms with Gasteiger partial charge >= 0.3 is 0 Å². The molecule has 50 heavy (non-hydrogen) atoms. The molecule has 4 heterocycles. The van der Waals surface area contributed by atoms with Gasteiger partial charge in [-0.25, -0.2) is 0 Å². The predicted octanol–water partition coefficient (Wildman–Crippen LogP) is 8.15. The van der Waals surface area contributed by atoms with Gasteiger partial charge < -0.3 is 37.9 Å². The summed E-state index contributed by atoms with van der Waals surface area (Å²) >= 11 is 0. The highest BCUT2D eigenvalue weighted by Crippen LogP contribution is 2.33. The van der Waals surface area contributed by atoms with E-state index in [4.69, 9.17) is 9.47 Å². The van der Waals surface area contributed by atoms with Crippen LogP contribution in [0.2, 0.25) is 0 Å². The number of hydrogen-bond acceptors (Lipinski definition) is 5. The number of aliphatic hydroxyl groups is 1. The van der Waals surface area contributed by atoms with Crippen molar-refractivity contribution >= 4 is 45.3 Å². The highest BCUT2D eigenvalue weighted by molar-refractivity contribution is 5.86. The van der Waals surface area contributed by atoms with E-state index in [-0.39, 0.29) is 18.8 Å². The fourth-order valence-electron chi connectivity index (χ4n) is 7.14. The molecule has 6 aromatic rings. The zero-order chi connectivity index (χ0) is 35.6. The van der Waals surface area contributed by atoms with Crippen molar-refractivity contribution in [1.29, 1.82) is 0 Å². The fourth-order valence-corrected chi connectivity index (χ4v) is 7.14. The predicted molar refractivity (Wildman–Crippen MR) is 202 cm³/mol. The standard InChI is InChI=1S/C15H19NO3.C14H17NO.C13H15NO/c1-16-9-13(12-4-2-3-5-14(12)16)11(10-17)8-15-18-6-7-19-15;1-3-11(8-9-16)13-10-15(2)14-7-5-4-6-12(13)14;1-10(7-8-15)12-9-14(2)13-6-4-3-5-11(12)13/h2-5,9,11,15,17H,6-8,10H2,1H3;4-7,9-11H,3,8H2,1-2H3;3-6,8-10H,7H2,1-2H3/t2*11-;10-/m011/s1. The minimum absolute atomic E-state index is 0.0502.